The van der Waals surface area contributed by atoms with Gasteiger partial charge in [0.15, 0.2) is 0 Å². The largest absolute Gasteiger partial charge is 0.508 e. The third-order valence-electron chi connectivity index (χ3n) is 3.05. The molecule has 0 heterocycles. The van der Waals surface area contributed by atoms with Crippen LogP contribution in [0.3, 0.4) is 0 Å². The molecular weight excluding hydrogens is 244 g/mol. The minimum atomic E-state index is -0.628. The molecule has 1 amide bonds. The molecule has 0 radical (unpaired) electrons. The molecule has 0 aromatic heterocycles. The predicted molar refractivity (Wildman–Crippen MR) is 73.7 cm³/mol. The Morgan fingerprint density at radius 3 is 2.53 bits per heavy atom. The molecule has 2 atom stereocenters. The number of carbonyl (C=O) groups excluding carboxylic acids is 1. The van der Waals surface area contributed by atoms with Crippen molar-refractivity contribution in [1.82, 2.24) is 5.32 Å². The van der Waals surface area contributed by atoms with E-state index in [1.54, 1.807) is 24.3 Å². The van der Waals surface area contributed by atoms with Crippen molar-refractivity contribution >= 4 is 5.91 Å². The first-order chi connectivity index (χ1) is 9.06. The number of aromatic hydroxyl groups is 1. The van der Waals surface area contributed by atoms with Crippen molar-refractivity contribution in [2.75, 3.05) is 6.61 Å². The van der Waals surface area contributed by atoms with Gasteiger partial charge < -0.3 is 21.3 Å². The van der Waals surface area contributed by atoms with E-state index in [-0.39, 0.29) is 24.3 Å². The molecule has 5 heteroatoms. The predicted octanol–water partition coefficient (Wildman–Crippen LogP) is 0.539. The molecule has 1 aromatic rings. The van der Waals surface area contributed by atoms with Crippen molar-refractivity contribution in [3.05, 3.63) is 29.8 Å². The molecule has 0 saturated carbocycles. The van der Waals surface area contributed by atoms with Gasteiger partial charge in [0.1, 0.15) is 5.75 Å². The highest BCUT2D eigenvalue weighted by Crippen LogP contribution is 2.11. The van der Waals surface area contributed by atoms with Gasteiger partial charge in [0.05, 0.1) is 6.04 Å². The number of nitrogens with two attached hydrogens (primary N) is 1. The van der Waals surface area contributed by atoms with E-state index in [2.05, 4.69) is 5.32 Å². The normalized spacial score (nSPS) is 13.8. The number of nitrogens with one attached hydrogen (secondary N) is 1. The fourth-order valence-electron chi connectivity index (χ4n) is 1.82. The number of rotatable bonds is 7. The SMILES string of the molecule is CCC(CCO)NC(=O)[C@@H](N)Cc1ccc(O)cc1. The average molecular weight is 266 g/mol. The molecule has 0 bridgehead atoms. The lowest BCUT2D eigenvalue weighted by Crippen LogP contribution is -2.46. The lowest BCUT2D eigenvalue weighted by Gasteiger charge is -2.19. The first kappa shape index (κ1) is 15.5. The number of carbonyl (C=O) groups is 1. The van der Waals surface area contributed by atoms with Crippen LogP contribution in [0, 0.1) is 0 Å². The summed E-state index contributed by atoms with van der Waals surface area (Å²) in [5, 5.41) is 20.9. The molecule has 1 aromatic carbocycles. The zero-order chi connectivity index (χ0) is 14.3. The van der Waals surface area contributed by atoms with Crippen LogP contribution in [-0.4, -0.2) is 34.8 Å². The Bertz CT molecular complexity index is 392. The number of hydrogen-bond donors (Lipinski definition) is 4. The van der Waals surface area contributed by atoms with Gasteiger partial charge in [-0.15, -0.1) is 0 Å². The summed E-state index contributed by atoms with van der Waals surface area (Å²) in [5.74, 6) is -0.0239. The fraction of sp³-hybridized carbons (Fsp3) is 0.500. The fourth-order valence-corrected chi connectivity index (χ4v) is 1.82. The van der Waals surface area contributed by atoms with Crippen LogP contribution in [0.4, 0.5) is 0 Å². The van der Waals surface area contributed by atoms with E-state index < -0.39 is 6.04 Å². The van der Waals surface area contributed by atoms with E-state index in [4.69, 9.17) is 10.8 Å². The molecule has 0 aliphatic carbocycles. The highest BCUT2D eigenvalue weighted by Gasteiger charge is 2.17. The van der Waals surface area contributed by atoms with Crippen molar-refractivity contribution < 1.29 is 15.0 Å². The number of amides is 1. The van der Waals surface area contributed by atoms with Gasteiger partial charge in [0.25, 0.3) is 0 Å². The van der Waals surface area contributed by atoms with Crippen molar-refractivity contribution in [2.45, 2.75) is 38.3 Å². The topological polar surface area (TPSA) is 95.6 Å². The Balaban J connectivity index is 2.50. The molecule has 1 rings (SSSR count). The second kappa shape index (κ2) is 7.76. The van der Waals surface area contributed by atoms with Gasteiger partial charge in [-0.25, -0.2) is 0 Å². The molecule has 0 fully saturated rings. The summed E-state index contributed by atoms with van der Waals surface area (Å²) in [6.07, 6.45) is 1.72. The van der Waals surface area contributed by atoms with Crippen LogP contribution in [0.5, 0.6) is 5.75 Å². The summed E-state index contributed by atoms with van der Waals surface area (Å²) in [4.78, 5) is 11.9. The second-order valence-corrected chi connectivity index (χ2v) is 4.60. The van der Waals surface area contributed by atoms with Crippen LogP contribution in [0.2, 0.25) is 0 Å². The Kier molecular flexibility index (Phi) is 6.32. The Morgan fingerprint density at radius 2 is 2.00 bits per heavy atom. The van der Waals surface area contributed by atoms with Crippen molar-refractivity contribution in [1.29, 1.82) is 0 Å². The highest BCUT2D eigenvalue weighted by atomic mass is 16.3. The zero-order valence-corrected chi connectivity index (χ0v) is 11.2. The molecule has 19 heavy (non-hydrogen) atoms. The summed E-state index contributed by atoms with van der Waals surface area (Å²) in [5.41, 5.74) is 6.75. The molecular formula is C14H22N2O3. The van der Waals surface area contributed by atoms with Crippen molar-refractivity contribution in [2.24, 2.45) is 5.73 Å². The van der Waals surface area contributed by atoms with E-state index in [1.165, 1.54) is 0 Å². The van der Waals surface area contributed by atoms with E-state index >= 15 is 0 Å². The van der Waals surface area contributed by atoms with Gasteiger partial charge in [-0.1, -0.05) is 19.1 Å². The van der Waals surface area contributed by atoms with E-state index in [1.807, 2.05) is 6.92 Å². The molecule has 1 unspecified atom stereocenters. The maximum atomic E-state index is 11.9. The van der Waals surface area contributed by atoms with Gasteiger partial charge in [0, 0.05) is 12.6 Å². The Hall–Kier alpha value is -1.59. The number of phenolic OH excluding ortho intramolecular Hbond substituents is 1. The van der Waals surface area contributed by atoms with Crippen LogP contribution in [0.15, 0.2) is 24.3 Å². The lowest BCUT2D eigenvalue weighted by molar-refractivity contribution is -0.123. The maximum absolute atomic E-state index is 11.9. The number of aliphatic hydroxyl groups is 1. The van der Waals surface area contributed by atoms with Gasteiger partial charge in [-0.2, -0.15) is 0 Å². The van der Waals surface area contributed by atoms with Gasteiger partial charge in [-0.3, -0.25) is 4.79 Å². The van der Waals surface area contributed by atoms with Crippen molar-refractivity contribution in [3.63, 3.8) is 0 Å². The van der Waals surface area contributed by atoms with Crippen molar-refractivity contribution in [3.8, 4) is 5.75 Å². The summed E-state index contributed by atoms with van der Waals surface area (Å²) in [6.45, 7) is 2.00. The average Bonchev–Trinajstić information content (AvgIpc) is 2.40. The highest BCUT2D eigenvalue weighted by molar-refractivity contribution is 5.82. The van der Waals surface area contributed by atoms with E-state index in [0.717, 1.165) is 12.0 Å². The molecule has 5 N–H and O–H groups in total. The minimum absolute atomic E-state index is 0.0385. The summed E-state index contributed by atoms with van der Waals surface area (Å²) < 4.78 is 0. The first-order valence-corrected chi connectivity index (χ1v) is 6.51. The quantitative estimate of drug-likeness (QED) is 0.579. The van der Waals surface area contributed by atoms with Gasteiger partial charge >= 0.3 is 0 Å². The molecule has 0 aliphatic rings. The monoisotopic (exact) mass is 266 g/mol. The van der Waals surface area contributed by atoms with Crippen LogP contribution in [-0.2, 0) is 11.2 Å². The van der Waals surface area contributed by atoms with Gasteiger partial charge in [0.2, 0.25) is 5.91 Å². The molecule has 0 spiro atoms. The van der Waals surface area contributed by atoms with Gasteiger partial charge in [-0.05, 0) is 37.0 Å². The molecule has 0 aliphatic heterocycles. The smallest absolute Gasteiger partial charge is 0.237 e. The lowest BCUT2D eigenvalue weighted by atomic mass is 10.0. The maximum Gasteiger partial charge on any atom is 0.237 e. The third kappa shape index (κ3) is 5.28. The van der Waals surface area contributed by atoms with E-state index in [9.17, 15) is 9.90 Å². The summed E-state index contributed by atoms with van der Waals surface area (Å²) >= 11 is 0. The zero-order valence-electron chi connectivity index (χ0n) is 11.2. The second-order valence-electron chi connectivity index (χ2n) is 4.60. The number of benzene rings is 1. The van der Waals surface area contributed by atoms with Crippen LogP contribution < -0.4 is 11.1 Å². The Morgan fingerprint density at radius 1 is 1.37 bits per heavy atom. The minimum Gasteiger partial charge on any atom is -0.508 e. The number of phenols is 1. The Labute approximate surface area is 113 Å². The molecule has 0 saturated heterocycles. The third-order valence-corrected chi connectivity index (χ3v) is 3.05. The molecule has 106 valence electrons. The number of aliphatic hydroxyl groups excluding tert-OH is 1. The van der Waals surface area contributed by atoms with E-state index in [0.29, 0.717) is 12.8 Å². The summed E-state index contributed by atoms with van der Waals surface area (Å²) in [7, 11) is 0. The van der Waals surface area contributed by atoms with Crippen LogP contribution >= 0.6 is 0 Å². The number of hydrogen-bond acceptors (Lipinski definition) is 4. The molecule has 5 nitrogen and oxygen atoms in total. The van der Waals surface area contributed by atoms with Crippen LogP contribution in [0.1, 0.15) is 25.3 Å². The standard InChI is InChI=1S/C14H22N2O3/c1-2-11(7-8-17)16-14(19)13(15)9-10-3-5-12(18)6-4-10/h3-6,11,13,17-18H,2,7-9,15H2,1H3,(H,16,19)/t11?,13-/m0/s1. The first-order valence-electron chi connectivity index (χ1n) is 6.51. The van der Waals surface area contributed by atoms with Crippen LogP contribution in [0.25, 0.3) is 0 Å². The summed E-state index contributed by atoms with van der Waals surface area (Å²) in [6, 6.07) is 5.96.